The van der Waals surface area contributed by atoms with Gasteiger partial charge in [0.15, 0.2) is 5.43 Å². The van der Waals surface area contributed by atoms with Crippen LogP contribution in [-0.2, 0) is 55.6 Å². The molecule has 1 aliphatic carbocycles. The molecule has 5 atom stereocenters. The molecule has 28 heteroatoms. The van der Waals surface area contributed by atoms with E-state index in [2.05, 4.69) is 10.3 Å². The van der Waals surface area contributed by atoms with Crippen LogP contribution in [0, 0.1) is 0 Å². The minimum atomic E-state index is -4.49. The highest BCUT2D eigenvalue weighted by atomic mass is 31.2. The third-order valence-electron chi connectivity index (χ3n) is 11.3. The molecule has 1 aromatic heterocycles. The van der Waals surface area contributed by atoms with Crippen LogP contribution in [0.15, 0.2) is 80.9 Å². The zero-order valence-electron chi connectivity index (χ0n) is 41.3. The number of carbonyl (C=O) groups excluding carboxylic acids is 1. The van der Waals surface area contributed by atoms with Crippen molar-refractivity contribution in [1.82, 2.24) is 14.9 Å². The Morgan fingerprint density at radius 1 is 0.724 bits per heavy atom. The van der Waals surface area contributed by atoms with Gasteiger partial charge in [-0.1, -0.05) is 12.8 Å². The molecule has 0 radical (unpaired) electrons. The molecule has 2 aliphatic heterocycles. The van der Waals surface area contributed by atoms with Crippen LogP contribution in [0.3, 0.4) is 0 Å². The first-order chi connectivity index (χ1) is 36.5. The molecule has 3 aliphatic rings. The lowest BCUT2D eigenvalue weighted by molar-refractivity contribution is -0.0475. The van der Waals surface area contributed by atoms with Crippen molar-refractivity contribution >= 4 is 44.3 Å². The summed E-state index contributed by atoms with van der Waals surface area (Å²) in [5.74, 6) is -1.54. The number of aromatic nitrogens is 2. The van der Waals surface area contributed by atoms with E-state index in [1.807, 2.05) is 0 Å². The van der Waals surface area contributed by atoms with E-state index in [4.69, 9.17) is 56.7 Å². The second kappa shape index (κ2) is 29.9. The predicted octanol–water partition coefficient (Wildman–Crippen LogP) is 4.10. The highest BCUT2D eigenvalue weighted by Crippen LogP contribution is 2.45. The number of phenolic OH excluding ortho intramolecular Hbond substituents is 1. The number of phosphoric ester groups is 2. The maximum Gasteiger partial charge on any atom is 0.472 e. The molecule has 416 valence electrons. The van der Waals surface area contributed by atoms with Crippen molar-refractivity contribution in [2.24, 2.45) is 0 Å². The number of unbranched alkanes of at least 4 members (excludes halogenated alkanes) is 3. The minimum Gasteiger partial charge on any atom is -0.508 e. The van der Waals surface area contributed by atoms with Crippen molar-refractivity contribution in [1.29, 1.82) is 0 Å². The van der Waals surface area contributed by atoms with E-state index in [-0.39, 0.29) is 118 Å². The van der Waals surface area contributed by atoms with E-state index in [0.29, 0.717) is 68.6 Å². The van der Waals surface area contributed by atoms with Crippen LogP contribution in [0.4, 0.5) is 5.82 Å². The molecule has 8 N–H and O–H groups in total. The number of amides is 1. The predicted molar refractivity (Wildman–Crippen MR) is 269 cm³/mol. The lowest BCUT2D eigenvalue weighted by Gasteiger charge is -2.18. The van der Waals surface area contributed by atoms with Crippen LogP contribution in [0.5, 0.6) is 5.75 Å². The van der Waals surface area contributed by atoms with E-state index >= 15 is 0 Å². The van der Waals surface area contributed by atoms with Crippen molar-refractivity contribution < 1.29 is 94.8 Å². The Bertz CT molecular complexity index is 2870. The van der Waals surface area contributed by atoms with Gasteiger partial charge in [-0.2, -0.15) is 4.98 Å². The molecule has 0 spiro atoms. The molecule has 1 saturated heterocycles. The first-order valence-corrected chi connectivity index (χ1v) is 27.2. The number of aromatic carboxylic acids is 1. The normalized spacial score (nSPS) is 17.2. The Kier molecular flexibility index (Phi) is 23.5. The quantitative estimate of drug-likeness (QED) is 0.0171. The smallest absolute Gasteiger partial charge is 0.472 e. The van der Waals surface area contributed by atoms with Crippen molar-refractivity contribution in [3.05, 3.63) is 98.7 Å². The summed E-state index contributed by atoms with van der Waals surface area (Å²) in [6.07, 6.45) is 0.838. The average molecular weight is 1110 g/mol. The lowest BCUT2D eigenvalue weighted by Crippen LogP contribution is -2.28. The fourth-order valence-electron chi connectivity index (χ4n) is 7.62. The molecule has 2 unspecified atom stereocenters. The van der Waals surface area contributed by atoms with Crippen LogP contribution in [0.1, 0.15) is 59.0 Å². The molecule has 1 fully saturated rings. The summed E-state index contributed by atoms with van der Waals surface area (Å²) in [5, 5.41) is 33.7. The Labute approximate surface area is 435 Å². The molecular formula is C48H62N4O22P2. The highest BCUT2D eigenvalue weighted by molar-refractivity contribution is 7.47. The number of aliphatic hydroxyl groups excluding tert-OH is 1. The molecule has 2 aromatic carbocycles. The molecule has 6 rings (SSSR count). The molecule has 1 amide bonds. The van der Waals surface area contributed by atoms with Gasteiger partial charge in [0.05, 0.1) is 104 Å². The third kappa shape index (κ3) is 18.9. The van der Waals surface area contributed by atoms with Crippen molar-refractivity contribution in [3.63, 3.8) is 0 Å². The minimum absolute atomic E-state index is 0.0235. The van der Waals surface area contributed by atoms with Crippen LogP contribution in [0.2, 0.25) is 0 Å². The van der Waals surface area contributed by atoms with Gasteiger partial charge in [0.25, 0.3) is 5.91 Å². The number of benzene rings is 3. The zero-order chi connectivity index (χ0) is 54.5. The molecule has 0 saturated carbocycles. The van der Waals surface area contributed by atoms with Gasteiger partial charge >= 0.3 is 27.3 Å². The number of ether oxygens (including phenoxy) is 6. The van der Waals surface area contributed by atoms with Gasteiger partial charge in [0, 0.05) is 53.4 Å². The summed E-state index contributed by atoms with van der Waals surface area (Å²) in [5.41, 5.74) is 5.93. The number of nitrogens with one attached hydrogen (secondary N) is 1. The maximum absolute atomic E-state index is 13.2. The van der Waals surface area contributed by atoms with Crippen LogP contribution >= 0.6 is 15.6 Å². The summed E-state index contributed by atoms with van der Waals surface area (Å²) >= 11 is 0. The number of carbonyl (C=O) groups is 2. The molecule has 26 nitrogen and oxygen atoms in total. The summed E-state index contributed by atoms with van der Waals surface area (Å²) < 4.78 is 83.9. The first kappa shape index (κ1) is 59.7. The number of carboxylic acids is 1. The van der Waals surface area contributed by atoms with Gasteiger partial charge in [-0.3, -0.25) is 32.3 Å². The monoisotopic (exact) mass is 1110 g/mol. The fourth-order valence-corrected chi connectivity index (χ4v) is 9.08. The number of nitrogens with two attached hydrogens (primary N) is 1. The number of carboxylic acid groups (broad SMARTS) is 1. The first-order valence-electron chi connectivity index (χ1n) is 24.2. The lowest BCUT2D eigenvalue weighted by atomic mass is 9.89. The second-order valence-corrected chi connectivity index (χ2v) is 19.7. The Hall–Kier alpha value is -5.51. The standard InChI is InChI=1S/C48H62N4O22P2/c49-43-11-13-52(48(59)51-43)44-30-39(55)42(74-44)31-72-76(62,63)71-26-24-68-22-20-66-18-16-64-15-17-65-19-21-67-23-25-70-75(60,61)69-14-4-2-1-3-12-50-46(56)32-5-8-35(47(57)58)38(27-32)45-36-9-6-33(53)28-40(36)73-41-29-34(54)7-10-37(41)45/h5-11,13,27-29,39,42,44,53,55H,1-4,12,14-26,30-31H2,(H,50,56)(H,57,58)(H,60,61)(H,62,63)(H2,49,51,59)/t39-,42-,44-/m1/s1. The number of rotatable bonds is 35. The van der Waals surface area contributed by atoms with Gasteiger partial charge in [-0.05, 0) is 66.9 Å². The summed E-state index contributed by atoms with van der Waals surface area (Å²) in [7, 11) is -8.78. The van der Waals surface area contributed by atoms with E-state index in [9.17, 15) is 53.4 Å². The van der Waals surface area contributed by atoms with E-state index in [1.165, 1.54) is 60.8 Å². The molecule has 3 aromatic rings. The van der Waals surface area contributed by atoms with Gasteiger partial charge < -0.3 is 69.0 Å². The SMILES string of the molecule is Nc1ccn([C@H]2C[C@@H](O)[C@@H](COP(=O)(O)OCCOCCOCCOCCOCCOCCOP(=O)(O)OCCCCCCNC(=O)c3ccc(C(=O)O)c(-c4c5ccc(=O)cc-5oc5cc(O)ccc45)c3)O2)c(=O)n1. The molecule has 0 bridgehead atoms. The Balaban J connectivity index is 0.715. The molecular weight excluding hydrogens is 1050 g/mol. The summed E-state index contributed by atoms with van der Waals surface area (Å²) in [6, 6.07) is 14.1. The van der Waals surface area contributed by atoms with Crippen molar-refractivity contribution in [3.8, 4) is 28.2 Å². The number of anilines is 1. The van der Waals surface area contributed by atoms with Crippen molar-refractivity contribution in [2.75, 3.05) is 105 Å². The summed E-state index contributed by atoms with van der Waals surface area (Å²) in [4.78, 5) is 73.3. The summed E-state index contributed by atoms with van der Waals surface area (Å²) in [6.45, 7) is 1.44. The van der Waals surface area contributed by atoms with Crippen molar-refractivity contribution in [2.45, 2.75) is 50.5 Å². The van der Waals surface area contributed by atoms with Gasteiger partial charge in [0.1, 0.15) is 35.2 Å². The highest BCUT2D eigenvalue weighted by Gasteiger charge is 2.37. The zero-order valence-corrected chi connectivity index (χ0v) is 43.1. The number of hydrogen-bond donors (Lipinski definition) is 7. The second-order valence-electron chi connectivity index (χ2n) is 16.8. The maximum atomic E-state index is 13.2. The topological polar surface area (TPSA) is 365 Å². The van der Waals surface area contributed by atoms with Gasteiger partial charge in [-0.25, -0.2) is 18.7 Å². The van der Waals surface area contributed by atoms with E-state index in [1.54, 1.807) is 6.07 Å². The number of aliphatic hydroxyl groups is 1. The number of phenols is 1. The third-order valence-corrected chi connectivity index (χ3v) is 13.3. The fraction of sp³-hybridized carbons (Fsp3) is 0.479. The Morgan fingerprint density at radius 2 is 1.33 bits per heavy atom. The van der Waals surface area contributed by atoms with Crippen LogP contribution < -0.4 is 22.2 Å². The largest absolute Gasteiger partial charge is 0.508 e. The molecule has 3 heterocycles. The Morgan fingerprint density at radius 3 is 1.96 bits per heavy atom. The van der Waals surface area contributed by atoms with Crippen LogP contribution in [0.25, 0.3) is 33.4 Å². The number of phosphoric acid groups is 2. The van der Waals surface area contributed by atoms with Gasteiger partial charge in [0.2, 0.25) is 0 Å². The van der Waals surface area contributed by atoms with E-state index in [0.717, 1.165) is 4.57 Å². The average Bonchev–Trinajstić information content (AvgIpc) is 3.76. The number of aromatic hydroxyl groups is 1. The number of nitrogens with zero attached hydrogens (tertiary/aromatic N) is 2. The van der Waals surface area contributed by atoms with Gasteiger partial charge in [-0.15, -0.1) is 0 Å². The van der Waals surface area contributed by atoms with Crippen LogP contribution in [-0.4, -0.2) is 158 Å². The van der Waals surface area contributed by atoms with E-state index < -0.39 is 58.3 Å². The number of nitrogen functional groups attached to an aromatic ring is 1. The molecule has 76 heavy (non-hydrogen) atoms. The number of hydrogen-bond acceptors (Lipinski definition) is 21. The number of fused-ring (bicyclic) bond motifs is 2.